The third-order valence-electron chi connectivity index (χ3n) is 6.11. The average Bonchev–Trinajstić information content (AvgIpc) is 3.21. The number of fused-ring (bicyclic) bond motifs is 2. The van der Waals surface area contributed by atoms with E-state index in [0.717, 1.165) is 41.4 Å². The number of carbonyl (C=O) groups excluding carboxylic acids is 1. The van der Waals surface area contributed by atoms with E-state index in [1.165, 1.54) is 10.3 Å². The molecule has 0 saturated carbocycles. The number of nitrogens with zero attached hydrogens (tertiary/aromatic N) is 3. The number of aryl methyl sites for hydroxylation is 1. The standard InChI is InChI=1S/C24H24N4OS/c1-14-3-7-21(16-5-8-22-20(11-16)26-13-30-22)28(12-14)24(29)17-4-6-19-18(10-17)9-15(2)23(25)27-19/h4-6,8-11,13-14,21H,3,7,12H2,1-2H3,(H2,25,27). The van der Waals surface area contributed by atoms with E-state index in [1.807, 2.05) is 41.6 Å². The summed E-state index contributed by atoms with van der Waals surface area (Å²) in [6, 6.07) is 14.2. The fraction of sp³-hybridized carbons (Fsp3) is 0.292. The van der Waals surface area contributed by atoms with Crippen LogP contribution in [0, 0.1) is 12.8 Å². The summed E-state index contributed by atoms with van der Waals surface area (Å²) in [7, 11) is 0. The summed E-state index contributed by atoms with van der Waals surface area (Å²) in [5.41, 5.74) is 12.4. The summed E-state index contributed by atoms with van der Waals surface area (Å²) in [6.45, 7) is 4.92. The predicted octanol–water partition coefficient (Wildman–Crippen LogP) is 5.35. The third-order valence-corrected chi connectivity index (χ3v) is 6.92. The molecular formula is C24H24N4OS. The number of carbonyl (C=O) groups is 1. The summed E-state index contributed by atoms with van der Waals surface area (Å²) < 4.78 is 1.18. The number of aromatic nitrogens is 2. The van der Waals surface area contributed by atoms with Gasteiger partial charge < -0.3 is 10.6 Å². The number of hydrogen-bond acceptors (Lipinski definition) is 5. The molecule has 152 valence electrons. The zero-order valence-electron chi connectivity index (χ0n) is 17.1. The fourth-order valence-electron chi connectivity index (χ4n) is 4.40. The number of piperidine rings is 1. The summed E-state index contributed by atoms with van der Waals surface area (Å²) in [4.78, 5) is 24.5. The number of amides is 1. The second-order valence-corrected chi connectivity index (χ2v) is 9.22. The van der Waals surface area contributed by atoms with Crippen molar-refractivity contribution in [1.82, 2.24) is 14.9 Å². The molecule has 4 aromatic rings. The van der Waals surface area contributed by atoms with E-state index in [4.69, 9.17) is 5.73 Å². The molecule has 3 heterocycles. The highest BCUT2D eigenvalue weighted by Gasteiger charge is 2.32. The number of thiazole rings is 1. The summed E-state index contributed by atoms with van der Waals surface area (Å²) in [5, 5.41) is 0.943. The third kappa shape index (κ3) is 3.31. The van der Waals surface area contributed by atoms with Crippen molar-refractivity contribution in [2.24, 2.45) is 5.92 Å². The van der Waals surface area contributed by atoms with Gasteiger partial charge in [0.2, 0.25) is 0 Å². The molecule has 1 aliphatic rings. The maximum atomic E-state index is 13.6. The van der Waals surface area contributed by atoms with Crippen molar-refractivity contribution in [1.29, 1.82) is 0 Å². The molecule has 6 heteroatoms. The molecular weight excluding hydrogens is 392 g/mol. The van der Waals surface area contributed by atoms with Gasteiger partial charge in [-0.15, -0.1) is 11.3 Å². The number of rotatable bonds is 2. The van der Waals surface area contributed by atoms with Gasteiger partial charge in [0, 0.05) is 17.5 Å². The SMILES string of the molecule is Cc1cc2cc(C(=O)N3CC(C)CCC3c3ccc4scnc4c3)ccc2nc1N. The number of nitrogens with two attached hydrogens (primary N) is 1. The van der Waals surface area contributed by atoms with Gasteiger partial charge in [0.25, 0.3) is 5.91 Å². The van der Waals surface area contributed by atoms with Gasteiger partial charge >= 0.3 is 0 Å². The first kappa shape index (κ1) is 19.0. The zero-order valence-corrected chi connectivity index (χ0v) is 17.9. The van der Waals surface area contributed by atoms with Gasteiger partial charge in [0.05, 0.1) is 27.3 Å². The largest absolute Gasteiger partial charge is 0.383 e. The van der Waals surface area contributed by atoms with Crippen molar-refractivity contribution >= 4 is 44.2 Å². The van der Waals surface area contributed by atoms with E-state index in [1.54, 1.807) is 11.3 Å². The Bertz CT molecular complexity index is 1260. The van der Waals surface area contributed by atoms with Gasteiger partial charge in [-0.2, -0.15) is 0 Å². The van der Waals surface area contributed by atoms with Crippen LogP contribution in [0.15, 0.2) is 48.0 Å². The number of likely N-dealkylation sites (tertiary alicyclic amines) is 1. The highest BCUT2D eigenvalue weighted by molar-refractivity contribution is 7.16. The lowest BCUT2D eigenvalue weighted by molar-refractivity contribution is 0.0545. The number of hydrogen-bond donors (Lipinski definition) is 1. The normalized spacial score (nSPS) is 19.5. The molecule has 1 aliphatic heterocycles. The smallest absolute Gasteiger partial charge is 0.254 e. The summed E-state index contributed by atoms with van der Waals surface area (Å²) in [6.07, 6.45) is 2.08. The van der Waals surface area contributed by atoms with E-state index in [-0.39, 0.29) is 11.9 Å². The molecule has 0 aliphatic carbocycles. The number of nitrogen functional groups attached to an aromatic ring is 1. The summed E-state index contributed by atoms with van der Waals surface area (Å²) >= 11 is 1.64. The van der Waals surface area contributed by atoms with E-state index in [0.29, 0.717) is 17.3 Å². The fourth-order valence-corrected chi connectivity index (χ4v) is 5.06. The minimum absolute atomic E-state index is 0.0707. The molecule has 5 rings (SSSR count). The molecule has 2 aromatic heterocycles. The molecule has 1 amide bonds. The number of anilines is 1. The minimum Gasteiger partial charge on any atom is -0.383 e. The molecule has 30 heavy (non-hydrogen) atoms. The lowest BCUT2D eigenvalue weighted by atomic mass is 9.89. The Hall–Kier alpha value is -2.99. The first-order valence-electron chi connectivity index (χ1n) is 10.3. The lowest BCUT2D eigenvalue weighted by Gasteiger charge is -2.39. The minimum atomic E-state index is 0.0707. The molecule has 2 unspecified atom stereocenters. The average molecular weight is 417 g/mol. The van der Waals surface area contributed by atoms with Crippen molar-refractivity contribution in [3.8, 4) is 0 Å². The molecule has 1 fully saturated rings. The van der Waals surface area contributed by atoms with Crippen LogP contribution in [0.5, 0.6) is 0 Å². The Morgan fingerprint density at radius 2 is 2.00 bits per heavy atom. The second kappa shape index (κ2) is 7.36. The first-order valence-corrected chi connectivity index (χ1v) is 11.2. The van der Waals surface area contributed by atoms with Gasteiger partial charge in [-0.3, -0.25) is 4.79 Å². The van der Waals surface area contributed by atoms with Gasteiger partial charge in [0.15, 0.2) is 0 Å². The topological polar surface area (TPSA) is 72.1 Å². The van der Waals surface area contributed by atoms with Crippen molar-refractivity contribution in [2.75, 3.05) is 12.3 Å². The van der Waals surface area contributed by atoms with Crippen LogP contribution in [0.4, 0.5) is 5.82 Å². The molecule has 2 N–H and O–H groups in total. The van der Waals surface area contributed by atoms with Crippen molar-refractivity contribution in [2.45, 2.75) is 32.7 Å². The van der Waals surface area contributed by atoms with Gasteiger partial charge in [-0.05, 0) is 73.2 Å². The Kier molecular flexibility index (Phi) is 4.66. The van der Waals surface area contributed by atoms with Crippen LogP contribution in [0.3, 0.4) is 0 Å². The van der Waals surface area contributed by atoms with E-state index >= 15 is 0 Å². The van der Waals surface area contributed by atoms with Crippen LogP contribution < -0.4 is 5.73 Å². The van der Waals surface area contributed by atoms with Crippen molar-refractivity contribution in [3.05, 3.63) is 64.7 Å². The van der Waals surface area contributed by atoms with E-state index in [9.17, 15) is 4.79 Å². The number of pyridine rings is 1. The van der Waals surface area contributed by atoms with Crippen LogP contribution in [-0.4, -0.2) is 27.3 Å². The van der Waals surface area contributed by atoms with Crippen LogP contribution in [-0.2, 0) is 0 Å². The van der Waals surface area contributed by atoms with Crippen LogP contribution in [0.2, 0.25) is 0 Å². The van der Waals surface area contributed by atoms with Gasteiger partial charge in [-0.1, -0.05) is 13.0 Å². The maximum Gasteiger partial charge on any atom is 0.254 e. The van der Waals surface area contributed by atoms with E-state index in [2.05, 4.69) is 35.1 Å². The molecule has 0 radical (unpaired) electrons. The Labute approximate surface area is 179 Å². The van der Waals surface area contributed by atoms with Gasteiger partial charge in [-0.25, -0.2) is 9.97 Å². The molecule has 2 atom stereocenters. The monoisotopic (exact) mass is 416 g/mol. The molecule has 1 saturated heterocycles. The number of benzene rings is 2. The quantitative estimate of drug-likeness (QED) is 0.478. The highest BCUT2D eigenvalue weighted by Crippen LogP contribution is 2.36. The maximum absolute atomic E-state index is 13.6. The Morgan fingerprint density at radius 1 is 1.13 bits per heavy atom. The second-order valence-electron chi connectivity index (χ2n) is 8.33. The van der Waals surface area contributed by atoms with Crippen molar-refractivity contribution < 1.29 is 4.79 Å². The predicted molar refractivity (Wildman–Crippen MR) is 123 cm³/mol. The molecule has 0 bridgehead atoms. The first-order chi connectivity index (χ1) is 14.5. The van der Waals surface area contributed by atoms with Crippen LogP contribution in [0.25, 0.3) is 21.1 Å². The molecule has 2 aromatic carbocycles. The molecule has 5 nitrogen and oxygen atoms in total. The Balaban J connectivity index is 1.52. The lowest BCUT2D eigenvalue weighted by Crippen LogP contribution is -2.41. The zero-order chi connectivity index (χ0) is 20.8. The summed E-state index contributed by atoms with van der Waals surface area (Å²) in [5.74, 6) is 1.09. The molecule has 0 spiro atoms. The highest BCUT2D eigenvalue weighted by atomic mass is 32.1. The van der Waals surface area contributed by atoms with Crippen molar-refractivity contribution in [3.63, 3.8) is 0 Å². The van der Waals surface area contributed by atoms with Gasteiger partial charge in [0.1, 0.15) is 5.82 Å². The van der Waals surface area contributed by atoms with Crippen LogP contribution >= 0.6 is 11.3 Å². The van der Waals surface area contributed by atoms with Crippen LogP contribution in [0.1, 0.15) is 47.3 Å². The van der Waals surface area contributed by atoms with E-state index < -0.39 is 0 Å². The Morgan fingerprint density at radius 3 is 2.87 bits per heavy atom.